The van der Waals surface area contributed by atoms with Crippen LogP contribution in [0.15, 0.2) is 18.2 Å². The fourth-order valence-corrected chi connectivity index (χ4v) is 2.11. The topological polar surface area (TPSA) is 71.2 Å². The van der Waals surface area contributed by atoms with Crippen molar-refractivity contribution in [2.24, 2.45) is 5.73 Å². The highest BCUT2D eigenvalue weighted by Gasteiger charge is 2.17. The maximum atomic E-state index is 11.0. The second kappa shape index (κ2) is 5.14. The van der Waals surface area contributed by atoms with E-state index in [0.717, 1.165) is 18.9 Å². The Bertz CT molecular complexity index is 401. The number of primary amides is 1. The summed E-state index contributed by atoms with van der Waals surface area (Å²) in [6.07, 6.45) is 2.42. The van der Waals surface area contributed by atoms with Crippen LogP contribution in [0.2, 0.25) is 0 Å². The van der Waals surface area contributed by atoms with Crippen molar-refractivity contribution < 1.29 is 4.79 Å². The van der Waals surface area contributed by atoms with Crippen LogP contribution in [-0.4, -0.2) is 37.1 Å². The molecule has 1 amide bonds. The Balaban J connectivity index is 2.04. The molecule has 5 heteroatoms. The molecule has 1 saturated heterocycles. The van der Waals surface area contributed by atoms with E-state index in [1.807, 2.05) is 13.1 Å². The minimum Gasteiger partial charge on any atom is -0.364 e. The van der Waals surface area contributed by atoms with Crippen molar-refractivity contribution >= 4 is 11.7 Å². The lowest BCUT2D eigenvalue weighted by Crippen LogP contribution is -2.35. The lowest BCUT2D eigenvalue weighted by molar-refractivity contribution is 0.0995. The SMILES string of the molecule is CN(CC1CCCN1)c1cccc(C(N)=O)n1. The van der Waals surface area contributed by atoms with Crippen LogP contribution in [0.5, 0.6) is 0 Å². The molecule has 0 bridgehead atoms. The molecule has 1 aromatic rings. The zero-order valence-corrected chi connectivity index (χ0v) is 10.0. The number of rotatable bonds is 4. The van der Waals surface area contributed by atoms with Crippen molar-refractivity contribution in [1.29, 1.82) is 0 Å². The average Bonchev–Trinajstić information content (AvgIpc) is 2.82. The Morgan fingerprint density at radius 3 is 3.12 bits per heavy atom. The Labute approximate surface area is 101 Å². The van der Waals surface area contributed by atoms with Crippen LogP contribution in [-0.2, 0) is 0 Å². The highest BCUT2D eigenvalue weighted by molar-refractivity contribution is 5.91. The highest BCUT2D eigenvalue weighted by Crippen LogP contribution is 2.13. The van der Waals surface area contributed by atoms with Crippen LogP contribution in [0.25, 0.3) is 0 Å². The molecule has 0 aliphatic carbocycles. The van der Waals surface area contributed by atoms with Gasteiger partial charge in [-0.2, -0.15) is 0 Å². The summed E-state index contributed by atoms with van der Waals surface area (Å²) in [6.45, 7) is 1.99. The third-order valence-corrected chi connectivity index (χ3v) is 3.03. The lowest BCUT2D eigenvalue weighted by atomic mass is 10.2. The van der Waals surface area contributed by atoms with Gasteiger partial charge in [-0.15, -0.1) is 0 Å². The van der Waals surface area contributed by atoms with Crippen molar-refractivity contribution in [1.82, 2.24) is 10.3 Å². The van der Waals surface area contributed by atoms with Crippen LogP contribution in [0.4, 0.5) is 5.82 Å². The van der Waals surface area contributed by atoms with Crippen molar-refractivity contribution in [3.05, 3.63) is 23.9 Å². The second-order valence-corrected chi connectivity index (χ2v) is 4.42. The normalized spacial score (nSPS) is 19.2. The summed E-state index contributed by atoms with van der Waals surface area (Å²) < 4.78 is 0. The van der Waals surface area contributed by atoms with E-state index >= 15 is 0 Å². The molecule has 3 N–H and O–H groups in total. The summed E-state index contributed by atoms with van der Waals surface area (Å²) in [6, 6.07) is 5.84. The number of carbonyl (C=O) groups excluding carboxylic acids is 1. The van der Waals surface area contributed by atoms with Crippen LogP contribution in [0.1, 0.15) is 23.3 Å². The molecule has 1 atom stereocenters. The Morgan fingerprint density at radius 1 is 1.65 bits per heavy atom. The second-order valence-electron chi connectivity index (χ2n) is 4.42. The summed E-state index contributed by atoms with van der Waals surface area (Å²) in [7, 11) is 1.98. The van der Waals surface area contributed by atoms with Crippen LogP contribution >= 0.6 is 0 Å². The van der Waals surface area contributed by atoms with Gasteiger partial charge >= 0.3 is 0 Å². The summed E-state index contributed by atoms with van der Waals surface area (Å²) in [5.41, 5.74) is 5.53. The van der Waals surface area contributed by atoms with E-state index in [9.17, 15) is 4.79 Å². The van der Waals surface area contributed by atoms with Gasteiger partial charge in [-0.3, -0.25) is 4.79 Å². The van der Waals surface area contributed by atoms with E-state index in [0.29, 0.717) is 11.7 Å². The van der Waals surface area contributed by atoms with Gasteiger partial charge in [-0.1, -0.05) is 6.07 Å². The molecule has 0 saturated carbocycles. The number of likely N-dealkylation sites (N-methyl/N-ethyl adjacent to an activating group) is 1. The first-order valence-electron chi connectivity index (χ1n) is 5.88. The molecular formula is C12H18N4O. The fraction of sp³-hybridized carbons (Fsp3) is 0.500. The fourth-order valence-electron chi connectivity index (χ4n) is 2.11. The Morgan fingerprint density at radius 2 is 2.47 bits per heavy atom. The van der Waals surface area contributed by atoms with Gasteiger partial charge in [-0.25, -0.2) is 4.98 Å². The Kier molecular flexibility index (Phi) is 3.58. The van der Waals surface area contributed by atoms with Crippen LogP contribution in [0, 0.1) is 0 Å². The van der Waals surface area contributed by atoms with Crippen molar-refractivity contribution in [3.63, 3.8) is 0 Å². The third kappa shape index (κ3) is 2.94. The quantitative estimate of drug-likeness (QED) is 0.789. The molecule has 5 nitrogen and oxygen atoms in total. The number of anilines is 1. The first-order valence-corrected chi connectivity index (χ1v) is 5.88. The molecule has 92 valence electrons. The van der Waals surface area contributed by atoms with E-state index < -0.39 is 5.91 Å². The maximum Gasteiger partial charge on any atom is 0.267 e. The van der Waals surface area contributed by atoms with Crippen LogP contribution < -0.4 is 16.0 Å². The van der Waals surface area contributed by atoms with E-state index in [1.54, 1.807) is 12.1 Å². The van der Waals surface area contributed by atoms with Crippen molar-refractivity contribution in [2.45, 2.75) is 18.9 Å². The standard InChI is InChI=1S/C12H18N4O/c1-16(8-9-4-3-7-14-9)11-6-2-5-10(15-11)12(13)17/h2,5-6,9,14H,3-4,7-8H2,1H3,(H2,13,17). The zero-order valence-electron chi connectivity index (χ0n) is 10.0. The number of hydrogen-bond acceptors (Lipinski definition) is 4. The predicted octanol–water partition coefficient (Wildman–Crippen LogP) is 0.369. The van der Waals surface area contributed by atoms with Gasteiger partial charge in [0.1, 0.15) is 11.5 Å². The van der Waals surface area contributed by atoms with Gasteiger partial charge in [-0.05, 0) is 31.5 Å². The molecule has 0 radical (unpaired) electrons. The summed E-state index contributed by atoms with van der Waals surface area (Å²) in [5.74, 6) is 0.300. The molecule has 2 rings (SSSR count). The predicted molar refractivity (Wildman–Crippen MR) is 67.0 cm³/mol. The highest BCUT2D eigenvalue weighted by atomic mass is 16.1. The Hall–Kier alpha value is -1.62. The number of pyridine rings is 1. The van der Waals surface area contributed by atoms with E-state index in [-0.39, 0.29) is 0 Å². The monoisotopic (exact) mass is 234 g/mol. The maximum absolute atomic E-state index is 11.0. The molecule has 1 aliphatic rings. The number of carbonyl (C=O) groups is 1. The molecule has 1 aliphatic heterocycles. The first kappa shape index (κ1) is 11.9. The molecule has 1 aromatic heterocycles. The van der Waals surface area contributed by atoms with Gasteiger partial charge < -0.3 is 16.0 Å². The zero-order chi connectivity index (χ0) is 12.3. The molecule has 2 heterocycles. The molecular weight excluding hydrogens is 216 g/mol. The lowest BCUT2D eigenvalue weighted by Gasteiger charge is -2.22. The van der Waals surface area contributed by atoms with Gasteiger partial charge in [0.05, 0.1) is 0 Å². The largest absolute Gasteiger partial charge is 0.364 e. The molecule has 0 aromatic carbocycles. The smallest absolute Gasteiger partial charge is 0.267 e. The number of nitrogens with one attached hydrogen (secondary N) is 1. The number of nitrogens with zero attached hydrogens (tertiary/aromatic N) is 2. The average molecular weight is 234 g/mol. The first-order chi connectivity index (χ1) is 8.16. The van der Waals surface area contributed by atoms with E-state index in [2.05, 4.69) is 15.2 Å². The van der Waals surface area contributed by atoms with Gasteiger partial charge in [0.25, 0.3) is 5.91 Å². The van der Waals surface area contributed by atoms with Crippen LogP contribution in [0.3, 0.4) is 0 Å². The molecule has 1 fully saturated rings. The number of amides is 1. The molecule has 0 spiro atoms. The minimum atomic E-state index is -0.487. The van der Waals surface area contributed by atoms with E-state index in [1.165, 1.54) is 12.8 Å². The van der Waals surface area contributed by atoms with Gasteiger partial charge in [0.15, 0.2) is 0 Å². The number of nitrogens with two attached hydrogens (primary N) is 1. The summed E-state index contributed by atoms with van der Waals surface area (Å²) in [4.78, 5) is 17.3. The van der Waals surface area contributed by atoms with E-state index in [4.69, 9.17) is 5.73 Å². The molecule has 17 heavy (non-hydrogen) atoms. The number of aromatic nitrogens is 1. The van der Waals surface area contributed by atoms with Gasteiger partial charge in [0, 0.05) is 19.6 Å². The number of hydrogen-bond donors (Lipinski definition) is 2. The summed E-state index contributed by atoms with van der Waals surface area (Å²) >= 11 is 0. The molecule has 1 unspecified atom stereocenters. The van der Waals surface area contributed by atoms with Crippen molar-refractivity contribution in [2.75, 3.05) is 25.0 Å². The summed E-state index contributed by atoms with van der Waals surface area (Å²) in [5, 5.41) is 3.43. The third-order valence-electron chi connectivity index (χ3n) is 3.03. The van der Waals surface area contributed by atoms with Crippen molar-refractivity contribution in [3.8, 4) is 0 Å². The van der Waals surface area contributed by atoms with Gasteiger partial charge in [0.2, 0.25) is 0 Å². The minimum absolute atomic E-state index is 0.314.